The second-order valence-electron chi connectivity index (χ2n) is 6.91. The van der Waals surface area contributed by atoms with Gasteiger partial charge in [0.15, 0.2) is 0 Å². The fourth-order valence-electron chi connectivity index (χ4n) is 4.20. The van der Waals surface area contributed by atoms with Crippen molar-refractivity contribution in [2.24, 2.45) is 18.7 Å². The summed E-state index contributed by atoms with van der Waals surface area (Å²) in [5.74, 6) is 1.09. The Morgan fingerprint density at radius 3 is 2.50 bits per heavy atom. The molecule has 2 N–H and O–H groups in total. The lowest BCUT2D eigenvalue weighted by Gasteiger charge is -2.17. The second kappa shape index (κ2) is 7.49. The summed E-state index contributed by atoms with van der Waals surface area (Å²) in [6.45, 7) is 8.35. The van der Waals surface area contributed by atoms with Gasteiger partial charge in [0, 0.05) is 43.9 Å². The van der Waals surface area contributed by atoms with Gasteiger partial charge in [0.25, 0.3) is 0 Å². The van der Waals surface area contributed by atoms with Crippen LogP contribution in [0, 0.1) is 5.92 Å². The summed E-state index contributed by atoms with van der Waals surface area (Å²) < 4.78 is 2.07. The van der Waals surface area contributed by atoms with Crippen LogP contribution in [0.2, 0.25) is 0 Å². The van der Waals surface area contributed by atoms with Crippen molar-refractivity contribution in [3.8, 4) is 0 Å². The molecule has 0 spiro atoms. The number of rotatable bonds is 6. The van der Waals surface area contributed by atoms with Crippen LogP contribution in [0.5, 0.6) is 0 Å². The van der Waals surface area contributed by atoms with E-state index in [1.54, 1.807) is 0 Å². The first-order valence-corrected chi connectivity index (χ1v) is 9.18. The second-order valence-corrected chi connectivity index (χ2v) is 6.91. The Bertz CT molecular complexity index is 662. The number of hydrogen-bond acceptors (Lipinski definition) is 3. The van der Waals surface area contributed by atoms with Crippen LogP contribution in [0.15, 0.2) is 30.3 Å². The van der Waals surface area contributed by atoms with Gasteiger partial charge in [-0.25, -0.2) is 0 Å². The van der Waals surface area contributed by atoms with E-state index in [0.29, 0.717) is 11.8 Å². The molecule has 4 heteroatoms. The summed E-state index contributed by atoms with van der Waals surface area (Å²) in [6, 6.07) is 10.9. The predicted molar refractivity (Wildman–Crippen MR) is 99.0 cm³/mol. The Hall–Kier alpha value is -1.65. The van der Waals surface area contributed by atoms with Crippen LogP contribution < -0.4 is 5.73 Å². The van der Waals surface area contributed by atoms with E-state index in [4.69, 9.17) is 10.8 Å². The van der Waals surface area contributed by atoms with Crippen molar-refractivity contribution < 1.29 is 0 Å². The predicted octanol–water partition coefficient (Wildman–Crippen LogP) is 2.72. The normalized spacial score (nSPS) is 21.5. The summed E-state index contributed by atoms with van der Waals surface area (Å²) >= 11 is 0. The van der Waals surface area contributed by atoms with Crippen molar-refractivity contribution in [1.82, 2.24) is 14.7 Å². The Balaban J connectivity index is 1.80. The van der Waals surface area contributed by atoms with Crippen molar-refractivity contribution in [3.05, 3.63) is 52.8 Å². The maximum Gasteiger partial charge on any atom is 0.0669 e. The molecule has 1 saturated heterocycles. The molecular formula is C20H30N4. The number of likely N-dealkylation sites (tertiary alicyclic amines) is 1. The van der Waals surface area contributed by atoms with Crippen LogP contribution >= 0.6 is 0 Å². The Kier molecular flexibility index (Phi) is 5.36. The molecular weight excluding hydrogens is 296 g/mol. The molecule has 0 radical (unpaired) electrons. The highest BCUT2D eigenvalue weighted by molar-refractivity contribution is 5.28. The fraction of sp³-hybridized carbons (Fsp3) is 0.550. The third kappa shape index (κ3) is 3.26. The number of nitrogens with zero attached hydrogens (tertiary/aromatic N) is 3. The molecule has 0 amide bonds. The van der Waals surface area contributed by atoms with Crippen LogP contribution in [0.3, 0.4) is 0 Å². The largest absolute Gasteiger partial charge is 0.330 e. The Morgan fingerprint density at radius 2 is 1.88 bits per heavy atom. The number of hydrogen-bond donors (Lipinski definition) is 1. The zero-order valence-electron chi connectivity index (χ0n) is 15.2. The molecule has 0 bridgehead atoms. The van der Waals surface area contributed by atoms with Crippen LogP contribution in [0.1, 0.15) is 42.3 Å². The van der Waals surface area contributed by atoms with Gasteiger partial charge in [-0.1, -0.05) is 44.2 Å². The average Bonchev–Trinajstić information content (AvgIpc) is 3.16. The summed E-state index contributed by atoms with van der Waals surface area (Å²) in [6.07, 6.45) is 2.04. The minimum atomic E-state index is 0.541. The quantitative estimate of drug-likeness (QED) is 0.888. The van der Waals surface area contributed by atoms with Gasteiger partial charge < -0.3 is 5.73 Å². The zero-order valence-corrected chi connectivity index (χ0v) is 15.2. The molecule has 0 unspecified atom stereocenters. The maximum atomic E-state index is 6.09. The van der Waals surface area contributed by atoms with Crippen molar-refractivity contribution >= 4 is 0 Å². The monoisotopic (exact) mass is 326 g/mol. The van der Waals surface area contributed by atoms with E-state index < -0.39 is 0 Å². The highest BCUT2D eigenvalue weighted by Gasteiger charge is 2.33. The maximum absolute atomic E-state index is 6.09. The van der Waals surface area contributed by atoms with Gasteiger partial charge in [-0.3, -0.25) is 9.58 Å². The molecule has 2 heterocycles. The van der Waals surface area contributed by atoms with E-state index >= 15 is 0 Å². The molecule has 1 aromatic carbocycles. The molecule has 1 aliphatic heterocycles. The van der Waals surface area contributed by atoms with E-state index in [-0.39, 0.29) is 0 Å². The third-order valence-electron chi connectivity index (χ3n) is 5.46. The van der Waals surface area contributed by atoms with Gasteiger partial charge in [0.2, 0.25) is 0 Å². The van der Waals surface area contributed by atoms with E-state index in [0.717, 1.165) is 39.0 Å². The fourth-order valence-corrected chi connectivity index (χ4v) is 4.20. The van der Waals surface area contributed by atoms with E-state index in [1.807, 2.05) is 0 Å². The van der Waals surface area contributed by atoms with Crippen LogP contribution in [-0.2, 0) is 26.4 Å². The zero-order chi connectivity index (χ0) is 17.1. The number of nitrogens with two attached hydrogens (primary N) is 1. The summed E-state index contributed by atoms with van der Waals surface area (Å²) in [4.78, 5) is 2.57. The molecule has 1 aliphatic rings. The first kappa shape index (κ1) is 17.2. The molecule has 0 saturated carbocycles. The third-order valence-corrected chi connectivity index (χ3v) is 5.46. The molecule has 2 atom stereocenters. The highest BCUT2D eigenvalue weighted by Crippen LogP contribution is 2.33. The van der Waals surface area contributed by atoms with Crippen LogP contribution in [0.25, 0.3) is 0 Å². The molecule has 1 fully saturated rings. The van der Waals surface area contributed by atoms with Crippen molar-refractivity contribution in [2.75, 3.05) is 19.6 Å². The van der Waals surface area contributed by atoms with Crippen molar-refractivity contribution in [2.45, 2.75) is 39.2 Å². The standard InChI is InChI=1S/C20H30N4/c1-4-19-18(20(5-2)23(3)22-19)14-24-12-16(11-21)17(13-24)15-9-7-6-8-10-15/h6-10,16-17H,4-5,11-14,21H2,1-3H3/t16-,17+/m1/s1. The first-order chi connectivity index (χ1) is 11.7. The molecule has 4 nitrogen and oxygen atoms in total. The van der Waals surface area contributed by atoms with Gasteiger partial charge in [-0.2, -0.15) is 5.10 Å². The minimum absolute atomic E-state index is 0.541. The molecule has 2 aromatic rings. The molecule has 3 rings (SSSR count). The number of benzene rings is 1. The van der Waals surface area contributed by atoms with Gasteiger partial charge in [-0.15, -0.1) is 0 Å². The smallest absolute Gasteiger partial charge is 0.0669 e. The lowest BCUT2D eigenvalue weighted by molar-refractivity contribution is 0.315. The summed E-state index contributed by atoms with van der Waals surface area (Å²) in [5.41, 5.74) is 11.6. The van der Waals surface area contributed by atoms with E-state index in [1.165, 1.54) is 22.5 Å². The van der Waals surface area contributed by atoms with E-state index in [2.05, 4.69) is 60.8 Å². The van der Waals surface area contributed by atoms with Gasteiger partial charge in [0.1, 0.15) is 0 Å². The van der Waals surface area contributed by atoms with Crippen molar-refractivity contribution in [3.63, 3.8) is 0 Å². The van der Waals surface area contributed by atoms with Crippen LogP contribution in [0.4, 0.5) is 0 Å². The lowest BCUT2D eigenvalue weighted by atomic mass is 9.89. The summed E-state index contributed by atoms with van der Waals surface area (Å²) in [5, 5.41) is 4.72. The SMILES string of the molecule is CCc1nn(C)c(CC)c1CN1C[C@@H](CN)[C@H](c2ccccc2)C1. The molecule has 24 heavy (non-hydrogen) atoms. The average molecular weight is 326 g/mol. The number of aromatic nitrogens is 2. The van der Waals surface area contributed by atoms with Gasteiger partial charge in [-0.05, 0) is 30.9 Å². The molecule has 0 aliphatic carbocycles. The highest BCUT2D eigenvalue weighted by atomic mass is 15.3. The minimum Gasteiger partial charge on any atom is -0.330 e. The summed E-state index contributed by atoms with van der Waals surface area (Å²) in [7, 11) is 2.07. The van der Waals surface area contributed by atoms with Gasteiger partial charge in [0.05, 0.1) is 5.69 Å². The van der Waals surface area contributed by atoms with E-state index in [9.17, 15) is 0 Å². The van der Waals surface area contributed by atoms with Gasteiger partial charge >= 0.3 is 0 Å². The molecule has 1 aromatic heterocycles. The van der Waals surface area contributed by atoms with Crippen molar-refractivity contribution in [1.29, 1.82) is 0 Å². The first-order valence-electron chi connectivity index (χ1n) is 9.18. The Morgan fingerprint density at radius 1 is 1.12 bits per heavy atom. The number of aryl methyl sites for hydroxylation is 2. The topological polar surface area (TPSA) is 47.1 Å². The van der Waals surface area contributed by atoms with Crippen LogP contribution in [-0.4, -0.2) is 34.3 Å². The lowest BCUT2D eigenvalue weighted by Crippen LogP contribution is -2.23. The molecule has 130 valence electrons. The Labute approximate surface area is 145 Å².